The quantitative estimate of drug-likeness (QED) is 0.551. The van der Waals surface area contributed by atoms with Crippen LogP contribution in [0.15, 0.2) is 30.3 Å². The molecule has 0 aliphatic rings. The predicted octanol–water partition coefficient (Wildman–Crippen LogP) is -0.175. The number of nitrogens with one attached hydrogen (secondary N) is 2. The minimum atomic E-state index is -0.584. The molecule has 21 heavy (non-hydrogen) atoms. The molecule has 0 aliphatic heterocycles. The molecule has 0 fully saturated rings. The van der Waals surface area contributed by atoms with E-state index >= 15 is 0 Å². The van der Waals surface area contributed by atoms with Crippen molar-refractivity contribution in [2.24, 2.45) is 5.73 Å². The van der Waals surface area contributed by atoms with Gasteiger partial charge in [-0.3, -0.25) is 9.59 Å². The molecular formula is C15H23N3O3. The molecule has 2 amide bonds. The highest BCUT2D eigenvalue weighted by molar-refractivity contribution is 5.87. The number of benzene rings is 1. The normalized spacial score (nSPS) is 11.7. The Morgan fingerprint density at radius 1 is 1.24 bits per heavy atom. The van der Waals surface area contributed by atoms with Crippen LogP contribution in [0.1, 0.15) is 12.5 Å². The van der Waals surface area contributed by atoms with Gasteiger partial charge in [0.1, 0.15) is 6.04 Å². The van der Waals surface area contributed by atoms with Crippen LogP contribution in [0.4, 0.5) is 0 Å². The zero-order valence-electron chi connectivity index (χ0n) is 12.3. The Morgan fingerprint density at radius 3 is 2.57 bits per heavy atom. The lowest BCUT2D eigenvalue weighted by Crippen LogP contribution is -2.48. The lowest BCUT2D eigenvalue weighted by molar-refractivity contribution is -0.128. The molecular weight excluding hydrogens is 270 g/mol. The number of carbonyl (C=O) groups is 2. The minimum Gasteiger partial charge on any atom is -0.378 e. The van der Waals surface area contributed by atoms with Gasteiger partial charge in [-0.15, -0.1) is 0 Å². The van der Waals surface area contributed by atoms with Gasteiger partial charge < -0.3 is 21.1 Å². The van der Waals surface area contributed by atoms with Crippen LogP contribution in [0.25, 0.3) is 0 Å². The SMILES string of the molecule is CC(=O)NC(Cc1ccccc1)C(=O)NCCOCCN. The third-order valence-corrected chi connectivity index (χ3v) is 2.78. The topological polar surface area (TPSA) is 93.5 Å². The standard InChI is InChI=1S/C15H23N3O3/c1-12(19)18-14(11-13-5-3-2-4-6-13)15(20)17-8-10-21-9-7-16/h2-6,14H,7-11,16H2,1H3,(H,17,20)(H,18,19). The maximum absolute atomic E-state index is 12.1. The van der Waals surface area contributed by atoms with E-state index in [1.54, 1.807) is 0 Å². The van der Waals surface area contributed by atoms with E-state index in [1.807, 2.05) is 30.3 Å². The van der Waals surface area contributed by atoms with Gasteiger partial charge in [0.2, 0.25) is 11.8 Å². The van der Waals surface area contributed by atoms with Crippen molar-refractivity contribution in [1.82, 2.24) is 10.6 Å². The Labute approximate surface area is 125 Å². The van der Waals surface area contributed by atoms with Crippen molar-refractivity contribution in [3.63, 3.8) is 0 Å². The smallest absolute Gasteiger partial charge is 0.243 e. The summed E-state index contributed by atoms with van der Waals surface area (Å²) < 4.78 is 5.19. The molecule has 0 saturated heterocycles. The summed E-state index contributed by atoms with van der Waals surface area (Å²) in [5.74, 6) is -0.448. The second kappa shape index (κ2) is 9.90. The summed E-state index contributed by atoms with van der Waals surface area (Å²) in [6, 6.07) is 8.97. The van der Waals surface area contributed by atoms with E-state index in [4.69, 9.17) is 10.5 Å². The number of hydrogen-bond donors (Lipinski definition) is 3. The van der Waals surface area contributed by atoms with Crippen molar-refractivity contribution in [3.05, 3.63) is 35.9 Å². The van der Waals surface area contributed by atoms with Gasteiger partial charge in [-0.1, -0.05) is 30.3 Å². The number of nitrogens with two attached hydrogens (primary N) is 1. The molecule has 0 bridgehead atoms. The summed E-state index contributed by atoms with van der Waals surface area (Å²) in [6.07, 6.45) is 0.454. The number of carbonyl (C=O) groups excluding carboxylic acids is 2. The largest absolute Gasteiger partial charge is 0.378 e. The maximum atomic E-state index is 12.1. The highest BCUT2D eigenvalue weighted by Gasteiger charge is 2.19. The van der Waals surface area contributed by atoms with E-state index in [9.17, 15) is 9.59 Å². The van der Waals surface area contributed by atoms with Crippen LogP contribution in [0.3, 0.4) is 0 Å². The van der Waals surface area contributed by atoms with Crippen LogP contribution in [-0.2, 0) is 20.7 Å². The van der Waals surface area contributed by atoms with E-state index in [0.717, 1.165) is 5.56 Å². The van der Waals surface area contributed by atoms with Gasteiger partial charge >= 0.3 is 0 Å². The summed E-state index contributed by atoms with van der Waals surface area (Å²) in [5.41, 5.74) is 6.29. The molecule has 6 heteroatoms. The van der Waals surface area contributed by atoms with Crippen molar-refractivity contribution in [2.45, 2.75) is 19.4 Å². The number of rotatable bonds is 9. The lowest BCUT2D eigenvalue weighted by Gasteiger charge is -2.17. The van der Waals surface area contributed by atoms with Crippen LogP contribution in [0, 0.1) is 0 Å². The summed E-state index contributed by atoms with van der Waals surface area (Å²) >= 11 is 0. The van der Waals surface area contributed by atoms with Gasteiger partial charge in [-0.05, 0) is 5.56 Å². The molecule has 1 rings (SSSR count). The molecule has 0 radical (unpaired) electrons. The summed E-state index contributed by atoms with van der Waals surface area (Å²) in [6.45, 7) is 3.12. The Morgan fingerprint density at radius 2 is 1.95 bits per heavy atom. The van der Waals surface area contributed by atoms with Gasteiger partial charge in [-0.2, -0.15) is 0 Å². The van der Waals surface area contributed by atoms with E-state index in [2.05, 4.69) is 10.6 Å². The van der Waals surface area contributed by atoms with Gasteiger partial charge in [0, 0.05) is 26.4 Å². The molecule has 1 aromatic rings. The monoisotopic (exact) mass is 293 g/mol. The highest BCUT2D eigenvalue weighted by atomic mass is 16.5. The second-order valence-corrected chi connectivity index (χ2v) is 4.63. The molecule has 0 spiro atoms. The molecule has 0 heterocycles. The minimum absolute atomic E-state index is 0.217. The zero-order valence-corrected chi connectivity index (χ0v) is 12.3. The van der Waals surface area contributed by atoms with E-state index in [-0.39, 0.29) is 11.8 Å². The van der Waals surface area contributed by atoms with Crippen LogP contribution in [0.5, 0.6) is 0 Å². The molecule has 1 aromatic carbocycles. The first-order chi connectivity index (χ1) is 10.1. The first-order valence-corrected chi connectivity index (χ1v) is 7.00. The summed E-state index contributed by atoms with van der Waals surface area (Å²) in [4.78, 5) is 23.3. The average Bonchev–Trinajstić information content (AvgIpc) is 2.47. The fraction of sp³-hybridized carbons (Fsp3) is 0.467. The molecule has 4 N–H and O–H groups in total. The third-order valence-electron chi connectivity index (χ3n) is 2.78. The number of hydrogen-bond acceptors (Lipinski definition) is 4. The molecule has 1 atom stereocenters. The maximum Gasteiger partial charge on any atom is 0.243 e. The molecule has 0 aliphatic carbocycles. The second-order valence-electron chi connectivity index (χ2n) is 4.63. The van der Waals surface area contributed by atoms with E-state index < -0.39 is 6.04 Å². The Kier molecular flexibility index (Phi) is 8.08. The fourth-order valence-electron chi connectivity index (χ4n) is 1.86. The van der Waals surface area contributed by atoms with Crippen molar-refractivity contribution in [2.75, 3.05) is 26.3 Å². The Hall–Kier alpha value is -1.92. The van der Waals surface area contributed by atoms with Gasteiger partial charge in [0.25, 0.3) is 0 Å². The molecule has 6 nitrogen and oxygen atoms in total. The molecule has 0 saturated carbocycles. The fourth-order valence-corrected chi connectivity index (χ4v) is 1.86. The predicted molar refractivity (Wildman–Crippen MR) is 80.6 cm³/mol. The average molecular weight is 293 g/mol. The van der Waals surface area contributed by atoms with Gasteiger partial charge in [0.15, 0.2) is 0 Å². The van der Waals surface area contributed by atoms with Crippen LogP contribution in [0.2, 0.25) is 0 Å². The van der Waals surface area contributed by atoms with Crippen LogP contribution in [-0.4, -0.2) is 44.2 Å². The van der Waals surface area contributed by atoms with Crippen molar-refractivity contribution in [1.29, 1.82) is 0 Å². The van der Waals surface area contributed by atoms with E-state index in [0.29, 0.717) is 32.7 Å². The van der Waals surface area contributed by atoms with Crippen molar-refractivity contribution >= 4 is 11.8 Å². The highest BCUT2D eigenvalue weighted by Crippen LogP contribution is 2.03. The van der Waals surface area contributed by atoms with Gasteiger partial charge in [-0.25, -0.2) is 0 Å². The first-order valence-electron chi connectivity index (χ1n) is 7.00. The van der Waals surface area contributed by atoms with Crippen LogP contribution >= 0.6 is 0 Å². The number of ether oxygens (including phenoxy) is 1. The summed E-state index contributed by atoms with van der Waals surface area (Å²) in [5, 5.41) is 5.42. The Bertz CT molecular complexity index is 437. The zero-order chi connectivity index (χ0) is 15.5. The molecule has 116 valence electrons. The molecule has 1 unspecified atom stereocenters. The van der Waals surface area contributed by atoms with Crippen molar-refractivity contribution < 1.29 is 14.3 Å². The number of amides is 2. The Balaban J connectivity index is 2.48. The molecule has 0 aromatic heterocycles. The summed E-state index contributed by atoms with van der Waals surface area (Å²) in [7, 11) is 0. The van der Waals surface area contributed by atoms with Crippen LogP contribution < -0.4 is 16.4 Å². The lowest BCUT2D eigenvalue weighted by atomic mass is 10.1. The van der Waals surface area contributed by atoms with E-state index in [1.165, 1.54) is 6.92 Å². The first kappa shape index (κ1) is 17.1. The van der Waals surface area contributed by atoms with Crippen molar-refractivity contribution in [3.8, 4) is 0 Å². The third kappa shape index (κ3) is 7.43. The van der Waals surface area contributed by atoms with Gasteiger partial charge in [0.05, 0.1) is 13.2 Å².